The minimum atomic E-state index is -0.119. The van der Waals surface area contributed by atoms with Gasteiger partial charge in [0.05, 0.1) is 0 Å². The maximum Gasteiger partial charge on any atom is 0.289 e. The molecule has 0 radical (unpaired) electrons. The second kappa shape index (κ2) is 4.66. The molecule has 0 saturated heterocycles. The number of anilines is 1. The third-order valence-electron chi connectivity index (χ3n) is 2.94. The van der Waals surface area contributed by atoms with Gasteiger partial charge < -0.3 is 4.90 Å². The van der Waals surface area contributed by atoms with Crippen LogP contribution in [-0.4, -0.2) is 22.6 Å². The molecule has 18 heavy (non-hydrogen) atoms. The summed E-state index contributed by atoms with van der Waals surface area (Å²) in [6.07, 6.45) is 1.98. The Labute approximate surface area is 113 Å². The zero-order valence-corrected chi connectivity index (χ0v) is 11.0. The minimum Gasteiger partial charge on any atom is -0.306 e. The first kappa shape index (κ1) is 11.6. The first-order valence-corrected chi connectivity index (χ1v) is 6.84. The largest absolute Gasteiger partial charge is 0.306 e. The Balaban J connectivity index is 1.96. The molecule has 0 bridgehead atoms. The number of hydrogen-bond acceptors (Lipinski definition) is 4. The van der Waals surface area contributed by atoms with E-state index in [9.17, 15) is 4.79 Å². The Morgan fingerprint density at radius 3 is 2.94 bits per heavy atom. The Morgan fingerprint density at radius 2 is 2.17 bits per heavy atom. The zero-order valence-electron chi connectivity index (χ0n) is 9.47. The normalized spacial score (nSPS) is 14.4. The van der Waals surface area contributed by atoms with E-state index in [0.717, 1.165) is 29.9 Å². The number of para-hydroxylation sites is 1. The molecule has 3 rings (SSSR count). The number of fused-ring (bicyclic) bond motifs is 1. The van der Waals surface area contributed by atoms with E-state index in [1.807, 2.05) is 18.2 Å². The van der Waals surface area contributed by atoms with Gasteiger partial charge in [0, 0.05) is 12.2 Å². The summed E-state index contributed by atoms with van der Waals surface area (Å²) in [5.74, 6) is -0.119. The molecule has 1 aliphatic rings. The molecule has 0 spiro atoms. The van der Waals surface area contributed by atoms with E-state index < -0.39 is 0 Å². The van der Waals surface area contributed by atoms with E-state index in [1.54, 1.807) is 4.90 Å². The van der Waals surface area contributed by atoms with Gasteiger partial charge in [-0.05, 0) is 36.1 Å². The van der Waals surface area contributed by atoms with E-state index in [0.29, 0.717) is 16.0 Å². The first-order chi connectivity index (χ1) is 8.75. The van der Waals surface area contributed by atoms with Crippen molar-refractivity contribution in [1.82, 2.24) is 10.2 Å². The summed E-state index contributed by atoms with van der Waals surface area (Å²) in [6, 6.07) is 7.96. The van der Waals surface area contributed by atoms with Crippen molar-refractivity contribution >= 4 is 34.5 Å². The van der Waals surface area contributed by atoms with Crippen LogP contribution >= 0.6 is 22.9 Å². The second-order valence-electron chi connectivity index (χ2n) is 4.05. The molecule has 2 aromatic rings. The smallest absolute Gasteiger partial charge is 0.289 e. The molecule has 1 aromatic heterocycles. The monoisotopic (exact) mass is 279 g/mol. The lowest BCUT2D eigenvalue weighted by Crippen LogP contribution is -2.35. The Bertz CT molecular complexity index is 599. The van der Waals surface area contributed by atoms with Crippen molar-refractivity contribution in [2.75, 3.05) is 11.4 Å². The lowest BCUT2D eigenvalue weighted by atomic mass is 10.0. The number of nitrogens with zero attached hydrogens (tertiary/aromatic N) is 3. The van der Waals surface area contributed by atoms with Gasteiger partial charge in [-0.25, -0.2) is 0 Å². The summed E-state index contributed by atoms with van der Waals surface area (Å²) in [6.45, 7) is 0.715. The van der Waals surface area contributed by atoms with E-state index in [1.165, 1.54) is 5.56 Å². The fourth-order valence-electron chi connectivity index (χ4n) is 2.15. The van der Waals surface area contributed by atoms with E-state index in [2.05, 4.69) is 16.3 Å². The average Bonchev–Trinajstić information content (AvgIpc) is 2.84. The predicted molar refractivity (Wildman–Crippen MR) is 71.4 cm³/mol. The second-order valence-corrected chi connectivity index (χ2v) is 5.61. The number of rotatable bonds is 1. The quantitative estimate of drug-likeness (QED) is 0.806. The van der Waals surface area contributed by atoms with Gasteiger partial charge in [0.2, 0.25) is 9.47 Å². The van der Waals surface area contributed by atoms with Gasteiger partial charge in [0.25, 0.3) is 5.91 Å². The van der Waals surface area contributed by atoms with Gasteiger partial charge in [0.1, 0.15) is 0 Å². The van der Waals surface area contributed by atoms with Crippen molar-refractivity contribution in [3.63, 3.8) is 0 Å². The molecular formula is C12H10ClN3OS. The summed E-state index contributed by atoms with van der Waals surface area (Å²) in [4.78, 5) is 14.1. The van der Waals surface area contributed by atoms with Crippen LogP contribution in [0.4, 0.5) is 5.69 Å². The fraction of sp³-hybridized carbons (Fsp3) is 0.250. The summed E-state index contributed by atoms with van der Waals surface area (Å²) < 4.78 is 0.295. The molecule has 1 amide bonds. The molecule has 92 valence electrons. The van der Waals surface area contributed by atoms with Crippen molar-refractivity contribution in [1.29, 1.82) is 0 Å². The number of amides is 1. The molecule has 0 N–H and O–H groups in total. The maximum absolute atomic E-state index is 12.4. The molecule has 0 unspecified atom stereocenters. The Kier molecular flexibility index (Phi) is 3.01. The van der Waals surface area contributed by atoms with Crippen LogP contribution in [0.1, 0.15) is 21.8 Å². The number of carbonyl (C=O) groups is 1. The predicted octanol–water partition coefficient (Wildman–Crippen LogP) is 2.78. The molecular weight excluding hydrogens is 270 g/mol. The number of aromatic nitrogens is 2. The van der Waals surface area contributed by atoms with Gasteiger partial charge in [-0.1, -0.05) is 29.5 Å². The van der Waals surface area contributed by atoms with Gasteiger partial charge in [-0.3, -0.25) is 4.79 Å². The first-order valence-electron chi connectivity index (χ1n) is 5.64. The van der Waals surface area contributed by atoms with Crippen LogP contribution in [0.15, 0.2) is 24.3 Å². The van der Waals surface area contributed by atoms with Crippen LogP contribution < -0.4 is 4.90 Å². The number of carbonyl (C=O) groups excluding carboxylic acids is 1. The number of halogens is 1. The summed E-state index contributed by atoms with van der Waals surface area (Å²) in [5.41, 5.74) is 2.17. The molecule has 1 aliphatic heterocycles. The van der Waals surface area contributed by atoms with E-state index >= 15 is 0 Å². The third-order valence-corrected chi connectivity index (χ3v) is 3.95. The van der Waals surface area contributed by atoms with Gasteiger partial charge in [-0.15, -0.1) is 10.2 Å². The highest BCUT2D eigenvalue weighted by Crippen LogP contribution is 2.28. The molecule has 4 nitrogen and oxygen atoms in total. The Hall–Kier alpha value is -1.46. The van der Waals surface area contributed by atoms with Crippen molar-refractivity contribution in [2.45, 2.75) is 12.8 Å². The number of hydrogen-bond donors (Lipinski definition) is 0. The van der Waals surface area contributed by atoms with Crippen LogP contribution in [0, 0.1) is 0 Å². The van der Waals surface area contributed by atoms with Crippen molar-refractivity contribution in [3.05, 3.63) is 39.3 Å². The van der Waals surface area contributed by atoms with Crippen LogP contribution in [0.3, 0.4) is 0 Å². The average molecular weight is 280 g/mol. The van der Waals surface area contributed by atoms with E-state index in [-0.39, 0.29) is 5.91 Å². The molecule has 0 atom stereocenters. The lowest BCUT2D eigenvalue weighted by molar-refractivity contribution is 0.0984. The zero-order chi connectivity index (χ0) is 12.5. The number of aryl methyl sites for hydroxylation is 1. The highest BCUT2D eigenvalue weighted by molar-refractivity contribution is 7.17. The van der Waals surface area contributed by atoms with Crippen LogP contribution in [0.2, 0.25) is 4.47 Å². The summed E-state index contributed by atoms with van der Waals surface area (Å²) in [5, 5.41) is 7.83. The molecule has 1 aromatic carbocycles. The third kappa shape index (κ3) is 2.00. The topological polar surface area (TPSA) is 46.1 Å². The van der Waals surface area contributed by atoms with Gasteiger partial charge in [-0.2, -0.15) is 0 Å². The van der Waals surface area contributed by atoms with Crippen molar-refractivity contribution < 1.29 is 4.79 Å². The molecule has 0 saturated carbocycles. The maximum atomic E-state index is 12.4. The van der Waals surface area contributed by atoms with Gasteiger partial charge >= 0.3 is 0 Å². The van der Waals surface area contributed by atoms with Crippen LogP contribution in [0.25, 0.3) is 0 Å². The lowest BCUT2D eigenvalue weighted by Gasteiger charge is -2.28. The standard InChI is InChI=1S/C12H10ClN3OS/c13-12-15-14-10(18-12)11(17)16-7-3-5-8-4-1-2-6-9(8)16/h1-2,4,6H,3,5,7H2. The van der Waals surface area contributed by atoms with Crippen molar-refractivity contribution in [3.8, 4) is 0 Å². The summed E-state index contributed by atoms with van der Waals surface area (Å²) in [7, 11) is 0. The fourth-order valence-corrected chi connectivity index (χ4v) is 2.93. The molecule has 6 heteroatoms. The van der Waals surface area contributed by atoms with Gasteiger partial charge in [0.15, 0.2) is 0 Å². The summed E-state index contributed by atoms with van der Waals surface area (Å²) >= 11 is 6.83. The highest BCUT2D eigenvalue weighted by atomic mass is 35.5. The SMILES string of the molecule is O=C(c1nnc(Cl)s1)N1CCCc2ccccc21. The minimum absolute atomic E-state index is 0.119. The molecule has 0 fully saturated rings. The highest BCUT2D eigenvalue weighted by Gasteiger charge is 2.25. The van der Waals surface area contributed by atoms with E-state index in [4.69, 9.17) is 11.6 Å². The molecule has 2 heterocycles. The van der Waals surface area contributed by atoms with Crippen LogP contribution in [-0.2, 0) is 6.42 Å². The molecule has 0 aliphatic carbocycles. The van der Waals surface area contributed by atoms with Crippen molar-refractivity contribution in [2.24, 2.45) is 0 Å². The number of benzene rings is 1. The Morgan fingerprint density at radius 1 is 1.33 bits per heavy atom. The van der Waals surface area contributed by atoms with Crippen LogP contribution in [0.5, 0.6) is 0 Å².